The summed E-state index contributed by atoms with van der Waals surface area (Å²) in [5.41, 5.74) is 15.7. The highest BCUT2D eigenvalue weighted by Crippen LogP contribution is 2.49. The molecule has 0 radical (unpaired) electrons. The van der Waals surface area contributed by atoms with E-state index in [0.29, 0.717) is 0 Å². The Morgan fingerprint density at radius 3 is 1.03 bits per heavy atom. The summed E-state index contributed by atoms with van der Waals surface area (Å²) in [4.78, 5) is 0. The van der Waals surface area contributed by atoms with Crippen molar-refractivity contribution in [1.82, 2.24) is 0 Å². The molecule has 0 amide bonds. The quantitative estimate of drug-likeness (QED) is 0.161. The lowest BCUT2D eigenvalue weighted by Gasteiger charge is -2.18. The van der Waals surface area contributed by atoms with E-state index in [-0.39, 0.29) is 0 Å². The average molecular weight is 939 g/mol. The van der Waals surface area contributed by atoms with Gasteiger partial charge < -0.3 is 8.83 Å². The van der Waals surface area contributed by atoms with Gasteiger partial charge in [0, 0.05) is 21.5 Å². The largest absolute Gasteiger partial charge is 0.456 e. The summed E-state index contributed by atoms with van der Waals surface area (Å²) < 4.78 is 12.7. The summed E-state index contributed by atoms with van der Waals surface area (Å²) in [6.07, 6.45) is 0. The maximum Gasteiger partial charge on any atom is 0.136 e. The first-order valence-corrected chi connectivity index (χ1v) is 25.5. The van der Waals surface area contributed by atoms with Gasteiger partial charge in [-0.1, -0.05) is 200 Å². The Balaban J connectivity index is 0.823. The van der Waals surface area contributed by atoms with Crippen LogP contribution in [0.5, 0.6) is 0 Å². The minimum Gasteiger partial charge on any atom is -0.456 e. The number of furan rings is 2. The van der Waals surface area contributed by atoms with Crippen LogP contribution in [-0.4, -0.2) is 0 Å². The van der Waals surface area contributed by atoms with Crippen LogP contribution in [-0.2, 0) is 0 Å². The average Bonchev–Trinajstić information content (AvgIpc) is 4.04. The van der Waals surface area contributed by atoms with Crippen molar-refractivity contribution in [3.05, 3.63) is 255 Å². The normalized spacial score (nSPS) is 12.1. The van der Waals surface area contributed by atoms with Gasteiger partial charge in [0.1, 0.15) is 22.3 Å². The van der Waals surface area contributed by atoms with E-state index in [0.717, 1.165) is 43.9 Å². The number of hydrogen-bond donors (Lipinski definition) is 0. The molecule has 0 saturated heterocycles. The van der Waals surface area contributed by atoms with Crippen molar-refractivity contribution in [3.63, 3.8) is 0 Å². The summed E-state index contributed by atoms with van der Waals surface area (Å²) in [5, 5.41) is 19.2. The van der Waals surface area contributed by atoms with Crippen LogP contribution in [0.15, 0.2) is 264 Å². The van der Waals surface area contributed by atoms with E-state index in [4.69, 9.17) is 8.83 Å². The summed E-state index contributed by atoms with van der Waals surface area (Å²) in [6, 6.07) is 93.3. The van der Waals surface area contributed by atoms with Crippen molar-refractivity contribution < 1.29 is 8.83 Å². The first-order valence-electron chi connectivity index (χ1n) is 25.5. The zero-order valence-electron chi connectivity index (χ0n) is 40.1. The number of benzene rings is 14. The Morgan fingerprint density at radius 1 is 0.189 bits per heavy atom. The van der Waals surface area contributed by atoms with E-state index in [1.807, 2.05) is 18.2 Å². The van der Waals surface area contributed by atoms with E-state index in [9.17, 15) is 0 Å². The first-order chi connectivity index (χ1) is 36.7. The molecule has 0 bridgehead atoms. The van der Waals surface area contributed by atoms with Crippen molar-refractivity contribution in [2.45, 2.75) is 0 Å². The molecule has 0 spiro atoms. The molecular formula is C72H42O2. The molecule has 0 aliphatic rings. The van der Waals surface area contributed by atoms with Crippen molar-refractivity contribution in [2.75, 3.05) is 0 Å². The fourth-order valence-corrected chi connectivity index (χ4v) is 12.5. The molecule has 0 unspecified atom stereocenters. The molecule has 0 atom stereocenters. The van der Waals surface area contributed by atoms with Crippen LogP contribution >= 0.6 is 0 Å². The lowest BCUT2D eigenvalue weighted by molar-refractivity contribution is 0.668. The fourth-order valence-electron chi connectivity index (χ4n) is 12.5. The molecule has 14 aromatic carbocycles. The van der Waals surface area contributed by atoms with E-state index >= 15 is 0 Å². The summed E-state index contributed by atoms with van der Waals surface area (Å²) in [7, 11) is 0. The second-order valence-corrected chi connectivity index (χ2v) is 19.8. The number of rotatable bonds is 5. The van der Waals surface area contributed by atoms with Crippen molar-refractivity contribution in [2.24, 2.45) is 0 Å². The zero-order chi connectivity index (χ0) is 48.4. The zero-order valence-corrected chi connectivity index (χ0v) is 40.1. The molecule has 2 heteroatoms. The Bertz CT molecular complexity index is 4910. The molecule has 16 aromatic rings. The van der Waals surface area contributed by atoms with E-state index in [1.165, 1.54) is 120 Å². The standard InChI is InChI=1S/C72H42O2/c1-3-17-55-53(15-1)68(54-16-2-4-18-56(54)70(55)49-36-37-66-63(42-49)52-14-9-11-25-64(52)73-66)47-34-30-43-28-32-45(38-50(43)40-47)46-33-29-44-31-35-48(41-51(44)39-46)69-57-19-5-7-21-59(57)71(60-22-8-6-20-58(60)69)62-24-13-27-67-72(62)61-23-10-12-26-65(61)74-67/h1-42H. The molecule has 2 nitrogen and oxygen atoms in total. The third-order valence-electron chi connectivity index (χ3n) is 15.8. The van der Waals surface area contributed by atoms with Crippen LogP contribution in [0.4, 0.5) is 0 Å². The highest BCUT2D eigenvalue weighted by Gasteiger charge is 2.22. The topological polar surface area (TPSA) is 26.3 Å². The molecule has 0 saturated carbocycles. The maximum atomic E-state index is 6.42. The lowest BCUT2D eigenvalue weighted by Crippen LogP contribution is -1.91. The molecule has 0 aliphatic carbocycles. The van der Waals surface area contributed by atoms with E-state index < -0.39 is 0 Å². The van der Waals surface area contributed by atoms with Crippen molar-refractivity contribution in [1.29, 1.82) is 0 Å². The minimum absolute atomic E-state index is 0.903. The number of hydrogen-bond acceptors (Lipinski definition) is 2. The van der Waals surface area contributed by atoms with Gasteiger partial charge in [-0.25, -0.2) is 0 Å². The van der Waals surface area contributed by atoms with Gasteiger partial charge in [0.25, 0.3) is 0 Å². The predicted molar refractivity (Wildman–Crippen MR) is 313 cm³/mol. The maximum absolute atomic E-state index is 6.42. The third-order valence-corrected chi connectivity index (χ3v) is 15.8. The third kappa shape index (κ3) is 6.12. The molecule has 0 N–H and O–H groups in total. The van der Waals surface area contributed by atoms with Crippen LogP contribution in [0.2, 0.25) is 0 Å². The smallest absolute Gasteiger partial charge is 0.136 e. The van der Waals surface area contributed by atoms with Crippen LogP contribution in [0.3, 0.4) is 0 Å². The highest BCUT2D eigenvalue weighted by molar-refractivity contribution is 6.26. The molecule has 0 aliphatic heterocycles. The van der Waals surface area contributed by atoms with Gasteiger partial charge in [0.05, 0.1) is 0 Å². The molecular weight excluding hydrogens is 897 g/mol. The summed E-state index contributed by atoms with van der Waals surface area (Å²) in [5.74, 6) is 0. The summed E-state index contributed by atoms with van der Waals surface area (Å²) >= 11 is 0. The van der Waals surface area contributed by atoms with Gasteiger partial charge in [-0.3, -0.25) is 0 Å². The predicted octanol–water partition coefficient (Wildman–Crippen LogP) is 20.7. The SMILES string of the molecule is c1ccc2c(c1)oc1ccc(-c3c4ccccc4c(-c4ccc5ccc(-c6ccc7ccc(-c8c9ccccc9c(-c9cccc%10oc%11ccccc%11c9%10)c9ccccc89)cc7c6)cc5c4)c4ccccc34)cc12. The van der Waals surface area contributed by atoms with Gasteiger partial charge in [0.15, 0.2) is 0 Å². The number of para-hydroxylation sites is 2. The van der Waals surface area contributed by atoms with E-state index in [2.05, 4.69) is 237 Å². The van der Waals surface area contributed by atoms with Gasteiger partial charge in [0.2, 0.25) is 0 Å². The second-order valence-electron chi connectivity index (χ2n) is 19.8. The van der Waals surface area contributed by atoms with Gasteiger partial charge >= 0.3 is 0 Å². The minimum atomic E-state index is 0.903. The Kier molecular flexibility index (Phi) is 8.78. The Hall–Kier alpha value is -9.76. The molecule has 16 rings (SSSR count). The number of fused-ring (bicyclic) bond motifs is 12. The molecule has 2 heterocycles. The monoisotopic (exact) mass is 938 g/mol. The molecule has 74 heavy (non-hydrogen) atoms. The molecule has 342 valence electrons. The highest BCUT2D eigenvalue weighted by atomic mass is 16.3. The van der Waals surface area contributed by atoms with Crippen molar-refractivity contribution >= 4 is 109 Å². The fraction of sp³-hybridized carbons (Fsp3) is 0. The Labute approximate surface area is 425 Å². The van der Waals surface area contributed by atoms with Gasteiger partial charge in [-0.05, 0) is 175 Å². The van der Waals surface area contributed by atoms with E-state index in [1.54, 1.807) is 0 Å². The van der Waals surface area contributed by atoms with Crippen LogP contribution in [0, 0.1) is 0 Å². The first kappa shape index (κ1) is 40.9. The molecule has 2 aromatic heterocycles. The lowest BCUT2D eigenvalue weighted by atomic mass is 9.84. The second kappa shape index (κ2) is 15.9. The van der Waals surface area contributed by atoms with Crippen LogP contribution in [0.1, 0.15) is 0 Å². The summed E-state index contributed by atoms with van der Waals surface area (Å²) in [6.45, 7) is 0. The Morgan fingerprint density at radius 2 is 0.527 bits per heavy atom. The van der Waals surface area contributed by atoms with Gasteiger partial charge in [-0.2, -0.15) is 0 Å². The van der Waals surface area contributed by atoms with Gasteiger partial charge in [-0.15, -0.1) is 0 Å². The molecule has 0 fully saturated rings. The van der Waals surface area contributed by atoms with Crippen molar-refractivity contribution in [3.8, 4) is 55.6 Å². The van der Waals surface area contributed by atoms with Crippen LogP contribution in [0.25, 0.3) is 164 Å². The van der Waals surface area contributed by atoms with Crippen LogP contribution < -0.4 is 0 Å².